The van der Waals surface area contributed by atoms with Gasteiger partial charge in [-0.25, -0.2) is 9.97 Å². The largest absolute Gasteiger partial charge is 0.493 e. The zero-order valence-electron chi connectivity index (χ0n) is 14.0. The molecule has 3 rings (SSSR count). The highest BCUT2D eigenvalue weighted by Crippen LogP contribution is 2.40. The lowest BCUT2D eigenvalue weighted by atomic mass is 10.1. The van der Waals surface area contributed by atoms with Crippen LogP contribution < -0.4 is 9.47 Å². The number of fused-ring (bicyclic) bond motifs is 1. The molecular formula is C18H17N3O2S2. The van der Waals surface area contributed by atoms with Crippen LogP contribution in [0.4, 0.5) is 0 Å². The lowest BCUT2D eigenvalue weighted by Gasteiger charge is -2.10. The van der Waals surface area contributed by atoms with E-state index in [0.29, 0.717) is 17.9 Å². The van der Waals surface area contributed by atoms with Crippen molar-refractivity contribution in [3.63, 3.8) is 0 Å². The molecule has 0 spiro atoms. The Kier molecular flexibility index (Phi) is 5.74. The van der Waals surface area contributed by atoms with E-state index in [1.165, 1.54) is 0 Å². The van der Waals surface area contributed by atoms with Gasteiger partial charge in [-0.15, -0.1) is 23.1 Å². The van der Waals surface area contributed by atoms with E-state index in [1.54, 1.807) is 43.6 Å². The van der Waals surface area contributed by atoms with Gasteiger partial charge in [0.25, 0.3) is 0 Å². The Hall–Kier alpha value is -2.30. The fraction of sp³-hybridized carbons (Fsp3) is 0.278. The highest BCUT2D eigenvalue weighted by atomic mass is 32.2. The molecule has 5 nitrogen and oxygen atoms in total. The van der Waals surface area contributed by atoms with Crippen LogP contribution in [0.2, 0.25) is 0 Å². The quantitative estimate of drug-likeness (QED) is 0.338. The van der Waals surface area contributed by atoms with Crippen LogP contribution in [0.5, 0.6) is 11.5 Å². The van der Waals surface area contributed by atoms with Gasteiger partial charge < -0.3 is 9.47 Å². The smallest absolute Gasteiger partial charge is 0.161 e. The third-order valence-corrected chi connectivity index (χ3v) is 5.66. The maximum Gasteiger partial charge on any atom is 0.161 e. The van der Waals surface area contributed by atoms with Crippen LogP contribution in [-0.4, -0.2) is 29.9 Å². The number of ether oxygens (including phenoxy) is 2. The Morgan fingerprint density at radius 1 is 1.20 bits per heavy atom. The van der Waals surface area contributed by atoms with Crippen molar-refractivity contribution in [2.45, 2.75) is 17.9 Å². The molecule has 0 aliphatic carbocycles. The number of hydrogen-bond acceptors (Lipinski definition) is 7. The first kappa shape index (κ1) is 17.5. The summed E-state index contributed by atoms with van der Waals surface area (Å²) in [6.45, 7) is 0. The predicted molar refractivity (Wildman–Crippen MR) is 102 cm³/mol. The summed E-state index contributed by atoms with van der Waals surface area (Å²) >= 11 is 3.27. The Morgan fingerprint density at radius 3 is 2.80 bits per heavy atom. The van der Waals surface area contributed by atoms with Crippen LogP contribution in [0.3, 0.4) is 0 Å². The first-order chi connectivity index (χ1) is 12.3. The van der Waals surface area contributed by atoms with Gasteiger partial charge in [0.15, 0.2) is 11.5 Å². The number of thiophene rings is 1. The van der Waals surface area contributed by atoms with Crippen LogP contribution in [0.25, 0.3) is 21.3 Å². The van der Waals surface area contributed by atoms with Crippen molar-refractivity contribution < 1.29 is 9.47 Å². The molecule has 0 aliphatic rings. The van der Waals surface area contributed by atoms with Crippen molar-refractivity contribution in [2.75, 3.05) is 20.0 Å². The molecule has 128 valence electrons. The average molecular weight is 371 g/mol. The van der Waals surface area contributed by atoms with Crippen LogP contribution in [-0.2, 0) is 0 Å². The van der Waals surface area contributed by atoms with Gasteiger partial charge in [-0.3, -0.25) is 0 Å². The molecule has 1 aromatic carbocycles. The Morgan fingerprint density at radius 2 is 2.04 bits per heavy atom. The molecule has 2 aromatic heterocycles. The minimum Gasteiger partial charge on any atom is -0.493 e. The van der Waals surface area contributed by atoms with E-state index < -0.39 is 0 Å². The number of nitriles is 1. The Bertz CT molecular complexity index is 918. The van der Waals surface area contributed by atoms with Crippen molar-refractivity contribution in [3.05, 3.63) is 29.9 Å². The van der Waals surface area contributed by atoms with Gasteiger partial charge in [0.05, 0.1) is 25.7 Å². The summed E-state index contributed by atoms with van der Waals surface area (Å²) in [6, 6.07) is 8.06. The first-order valence-corrected chi connectivity index (χ1v) is 9.59. The normalized spacial score (nSPS) is 10.6. The highest BCUT2D eigenvalue weighted by Gasteiger charge is 2.15. The van der Waals surface area contributed by atoms with Crippen molar-refractivity contribution >= 4 is 33.3 Å². The van der Waals surface area contributed by atoms with Crippen molar-refractivity contribution in [1.82, 2.24) is 9.97 Å². The molecule has 0 unspecified atom stereocenters. The topological polar surface area (TPSA) is 68.0 Å². The molecule has 2 heterocycles. The highest BCUT2D eigenvalue weighted by molar-refractivity contribution is 7.99. The monoisotopic (exact) mass is 371 g/mol. The second-order valence-corrected chi connectivity index (χ2v) is 7.13. The van der Waals surface area contributed by atoms with Crippen molar-refractivity contribution in [1.29, 1.82) is 5.26 Å². The second kappa shape index (κ2) is 8.19. The van der Waals surface area contributed by atoms with Gasteiger partial charge in [0, 0.05) is 23.1 Å². The summed E-state index contributed by atoms with van der Waals surface area (Å²) in [5.41, 5.74) is 2.13. The zero-order valence-corrected chi connectivity index (χ0v) is 15.6. The van der Waals surface area contributed by atoms with Gasteiger partial charge in [-0.2, -0.15) is 5.26 Å². The number of hydrogen-bond donors (Lipinski definition) is 0. The third-order valence-electron chi connectivity index (χ3n) is 3.70. The summed E-state index contributed by atoms with van der Waals surface area (Å²) in [7, 11) is 3.26. The fourth-order valence-corrected chi connectivity index (χ4v) is 4.43. The summed E-state index contributed by atoms with van der Waals surface area (Å²) in [6.07, 6.45) is 3.01. The molecule has 0 aliphatic heterocycles. The van der Waals surface area contributed by atoms with E-state index in [-0.39, 0.29) is 0 Å². The summed E-state index contributed by atoms with van der Waals surface area (Å²) in [4.78, 5) is 9.81. The standard InChI is InChI=1S/C18H17N3O2S2/c1-22-14-6-5-12(9-15(14)23-2)13-10-25-18-16(13)17(20-11-21-18)24-8-4-3-7-19/h5-6,9-11H,3-4,8H2,1-2H3. The fourth-order valence-electron chi connectivity index (χ4n) is 2.49. The average Bonchev–Trinajstić information content (AvgIpc) is 3.09. The van der Waals surface area contributed by atoms with Crippen molar-refractivity contribution in [3.8, 4) is 28.7 Å². The van der Waals surface area contributed by atoms with Crippen LogP contribution in [0.15, 0.2) is 34.9 Å². The molecule has 0 amide bonds. The predicted octanol–water partition coefficient (Wildman–Crippen LogP) is 4.77. The first-order valence-electron chi connectivity index (χ1n) is 7.72. The number of nitrogens with zero attached hydrogens (tertiary/aromatic N) is 3. The van der Waals surface area contributed by atoms with Crippen LogP contribution in [0, 0.1) is 11.3 Å². The van der Waals surface area contributed by atoms with Gasteiger partial charge in [0.1, 0.15) is 16.2 Å². The second-order valence-electron chi connectivity index (χ2n) is 5.19. The molecule has 0 atom stereocenters. The molecule has 7 heteroatoms. The van der Waals surface area contributed by atoms with Crippen LogP contribution in [0.1, 0.15) is 12.8 Å². The molecule has 25 heavy (non-hydrogen) atoms. The lowest BCUT2D eigenvalue weighted by molar-refractivity contribution is 0.355. The van der Waals surface area contributed by atoms with Gasteiger partial charge in [-0.05, 0) is 24.1 Å². The lowest BCUT2D eigenvalue weighted by Crippen LogP contribution is -1.91. The Balaban J connectivity index is 2.01. The SMILES string of the molecule is COc1ccc(-c2csc3ncnc(SCCCC#N)c23)cc1OC. The van der Waals surface area contributed by atoms with Crippen molar-refractivity contribution in [2.24, 2.45) is 0 Å². The number of thioether (sulfide) groups is 1. The summed E-state index contributed by atoms with van der Waals surface area (Å²) < 4.78 is 10.7. The van der Waals surface area contributed by atoms with E-state index in [9.17, 15) is 0 Å². The summed E-state index contributed by atoms with van der Waals surface area (Å²) in [5, 5.41) is 12.8. The maximum absolute atomic E-state index is 8.68. The zero-order chi connectivity index (χ0) is 17.6. The molecule has 0 saturated carbocycles. The van der Waals surface area contributed by atoms with Crippen LogP contribution >= 0.6 is 23.1 Å². The molecular weight excluding hydrogens is 354 g/mol. The van der Waals surface area contributed by atoms with E-state index >= 15 is 0 Å². The molecule has 0 fully saturated rings. The number of methoxy groups -OCH3 is 2. The molecule has 0 radical (unpaired) electrons. The number of benzene rings is 1. The number of unbranched alkanes of at least 4 members (excludes halogenated alkanes) is 1. The number of aromatic nitrogens is 2. The van der Waals surface area contributed by atoms with E-state index in [0.717, 1.165) is 38.5 Å². The van der Waals surface area contributed by atoms with E-state index in [2.05, 4.69) is 21.4 Å². The molecule has 0 N–H and O–H groups in total. The van der Waals surface area contributed by atoms with Gasteiger partial charge >= 0.3 is 0 Å². The number of rotatable bonds is 7. The third kappa shape index (κ3) is 3.70. The van der Waals surface area contributed by atoms with E-state index in [1.807, 2.05) is 18.2 Å². The van der Waals surface area contributed by atoms with E-state index in [4.69, 9.17) is 14.7 Å². The molecule has 3 aromatic rings. The van der Waals surface area contributed by atoms with Gasteiger partial charge in [-0.1, -0.05) is 6.07 Å². The minimum atomic E-state index is 0.563. The molecule has 0 bridgehead atoms. The summed E-state index contributed by atoms with van der Waals surface area (Å²) in [5.74, 6) is 2.26. The maximum atomic E-state index is 8.68. The molecule has 0 saturated heterocycles. The Labute approximate surface area is 154 Å². The van der Waals surface area contributed by atoms with Gasteiger partial charge in [0.2, 0.25) is 0 Å². The minimum absolute atomic E-state index is 0.563.